The van der Waals surface area contributed by atoms with E-state index in [-0.39, 0.29) is 0 Å². The summed E-state index contributed by atoms with van der Waals surface area (Å²) in [5.74, 6) is 0.686. The topological polar surface area (TPSA) is 24.5 Å². The molecule has 3 nitrogen and oxygen atoms in total. The van der Waals surface area contributed by atoms with Gasteiger partial charge in [-0.15, -0.1) is 0 Å². The van der Waals surface area contributed by atoms with Crippen molar-refractivity contribution in [3.05, 3.63) is 0 Å². The van der Waals surface area contributed by atoms with Gasteiger partial charge in [0, 0.05) is 24.5 Å². The Balaban J connectivity index is 1.86. The van der Waals surface area contributed by atoms with Gasteiger partial charge in [0.25, 0.3) is 0 Å². The largest absolute Gasteiger partial charge is 0.379 e. The van der Waals surface area contributed by atoms with Crippen LogP contribution in [0.2, 0.25) is 0 Å². The molecule has 2 aliphatic heterocycles. The van der Waals surface area contributed by atoms with E-state index in [1.54, 1.807) is 0 Å². The molecule has 0 aliphatic carbocycles. The van der Waals surface area contributed by atoms with Gasteiger partial charge < -0.3 is 15.0 Å². The van der Waals surface area contributed by atoms with E-state index in [9.17, 15) is 0 Å². The molecule has 0 spiro atoms. The molecule has 0 bridgehead atoms. The summed E-state index contributed by atoms with van der Waals surface area (Å²) in [6, 6.07) is 1.33. The second kappa shape index (κ2) is 5.99. The molecule has 0 aromatic rings. The standard InChI is InChI=1S/C13H26N2O/c1-11-6-4-3-5-7-15(11)8-12-9-16-10-13(12)14-2/h11-14H,3-10H2,1-2H3. The first-order valence-corrected chi connectivity index (χ1v) is 6.80. The maximum atomic E-state index is 5.58. The van der Waals surface area contributed by atoms with Crippen molar-refractivity contribution in [2.45, 2.75) is 44.7 Å². The molecule has 3 atom stereocenters. The zero-order valence-corrected chi connectivity index (χ0v) is 10.7. The SMILES string of the molecule is CNC1COCC1CN1CCCCCC1C. The summed E-state index contributed by atoms with van der Waals surface area (Å²) < 4.78 is 5.58. The third-order valence-electron chi connectivity index (χ3n) is 4.23. The maximum absolute atomic E-state index is 5.58. The highest BCUT2D eigenvalue weighted by molar-refractivity contribution is 4.84. The first-order valence-electron chi connectivity index (χ1n) is 6.80. The Morgan fingerprint density at radius 2 is 2.12 bits per heavy atom. The molecule has 0 saturated carbocycles. The number of rotatable bonds is 3. The van der Waals surface area contributed by atoms with Gasteiger partial charge in [-0.25, -0.2) is 0 Å². The first-order chi connectivity index (χ1) is 7.81. The van der Waals surface area contributed by atoms with Gasteiger partial charge in [-0.2, -0.15) is 0 Å². The normalized spacial score (nSPS) is 37.5. The molecular weight excluding hydrogens is 200 g/mol. The van der Waals surface area contributed by atoms with Crippen LogP contribution in [-0.4, -0.2) is 50.3 Å². The van der Waals surface area contributed by atoms with E-state index in [2.05, 4.69) is 24.2 Å². The van der Waals surface area contributed by atoms with Gasteiger partial charge in [0.2, 0.25) is 0 Å². The van der Waals surface area contributed by atoms with Crippen molar-refractivity contribution in [2.75, 3.05) is 33.4 Å². The highest BCUT2D eigenvalue weighted by atomic mass is 16.5. The lowest BCUT2D eigenvalue weighted by Crippen LogP contribution is -2.43. The van der Waals surface area contributed by atoms with Crippen molar-refractivity contribution in [3.8, 4) is 0 Å². The molecule has 2 saturated heterocycles. The summed E-state index contributed by atoms with van der Waals surface area (Å²) in [6.45, 7) is 6.72. The van der Waals surface area contributed by atoms with Gasteiger partial charge in [0.05, 0.1) is 13.2 Å². The van der Waals surface area contributed by atoms with Crippen LogP contribution in [0.4, 0.5) is 0 Å². The number of likely N-dealkylation sites (tertiary alicyclic amines) is 1. The molecule has 0 radical (unpaired) electrons. The molecule has 0 amide bonds. The van der Waals surface area contributed by atoms with Gasteiger partial charge in [0.15, 0.2) is 0 Å². The molecule has 2 heterocycles. The molecule has 2 aliphatic rings. The lowest BCUT2D eigenvalue weighted by Gasteiger charge is -2.31. The lowest BCUT2D eigenvalue weighted by molar-refractivity contribution is 0.149. The van der Waals surface area contributed by atoms with Crippen molar-refractivity contribution >= 4 is 0 Å². The van der Waals surface area contributed by atoms with Crippen LogP contribution in [0.15, 0.2) is 0 Å². The molecule has 0 aromatic carbocycles. The first kappa shape index (κ1) is 12.3. The van der Waals surface area contributed by atoms with Crippen LogP contribution in [-0.2, 0) is 4.74 Å². The number of hydrogen-bond donors (Lipinski definition) is 1. The fraction of sp³-hybridized carbons (Fsp3) is 1.00. The molecule has 2 rings (SSSR count). The van der Waals surface area contributed by atoms with E-state index in [4.69, 9.17) is 4.74 Å². The van der Waals surface area contributed by atoms with E-state index >= 15 is 0 Å². The van der Waals surface area contributed by atoms with Crippen molar-refractivity contribution in [1.29, 1.82) is 0 Å². The number of nitrogens with zero attached hydrogens (tertiary/aromatic N) is 1. The van der Waals surface area contributed by atoms with Crippen LogP contribution in [0.25, 0.3) is 0 Å². The Morgan fingerprint density at radius 1 is 1.25 bits per heavy atom. The summed E-state index contributed by atoms with van der Waals surface area (Å²) in [7, 11) is 2.05. The van der Waals surface area contributed by atoms with Crippen LogP contribution in [0.3, 0.4) is 0 Å². The fourth-order valence-electron chi connectivity index (χ4n) is 3.00. The van der Waals surface area contributed by atoms with Crippen LogP contribution >= 0.6 is 0 Å². The number of hydrogen-bond acceptors (Lipinski definition) is 3. The average molecular weight is 226 g/mol. The minimum Gasteiger partial charge on any atom is -0.379 e. The number of likely N-dealkylation sites (N-methyl/N-ethyl adjacent to an activating group) is 1. The minimum atomic E-state index is 0.565. The highest BCUT2D eigenvalue weighted by Gasteiger charge is 2.30. The number of ether oxygens (including phenoxy) is 1. The zero-order valence-electron chi connectivity index (χ0n) is 10.7. The van der Waals surface area contributed by atoms with Crippen LogP contribution < -0.4 is 5.32 Å². The summed E-state index contributed by atoms with van der Waals surface area (Å²) >= 11 is 0. The molecule has 0 aromatic heterocycles. The monoisotopic (exact) mass is 226 g/mol. The fourth-order valence-corrected chi connectivity index (χ4v) is 3.00. The third-order valence-corrected chi connectivity index (χ3v) is 4.23. The molecule has 2 fully saturated rings. The molecule has 16 heavy (non-hydrogen) atoms. The number of nitrogens with one attached hydrogen (secondary N) is 1. The minimum absolute atomic E-state index is 0.565. The highest BCUT2D eigenvalue weighted by Crippen LogP contribution is 2.21. The maximum Gasteiger partial charge on any atom is 0.0623 e. The van der Waals surface area contributed by atoms with Crippen molar-refractivity contribution in [3.63, 3.8) is 0 Å². The average Bonchev–Trinajstić information content (AvgIpc) is 2.64. The second-order valence-corrected chi connectivity index (χ2v) is 5.39. The molecular formula is C13H26N2O. The van der Waals surface area contributed by atoms with Crippen molar-refractivity contribution in [2.24, 2.45) is 5.92 Å². The van der Waals surface area contributed by atoms with Gasteiger partial charge >= 0.3 is 0 Å². The molecule has 1 N–H and O–H groups in total. The Kier molecular flexibility index (Phi) is 4.62. The van der Waals surface area contributed by atoms with Gasteiger partial charge in [-0.05, 0) is 33.4 Å². The van der Waals surface area contributed by atoms with Crippen LogP contribution in [0, 0.1) is 5.92 Å². The van der Waals surface area contributed by atoms with Gasteiger partial charge in [-0.3, -0.25) is 0 Å². The van der Waals surface area contributed by atoms with Gasteiger partial charge in [-0.1, -0.05) is 12.8 Å². The van der Waals surface area contributed by atoms with E-state index < -0.39 is 0 Å². The van der Waals surface area contributed by atoms with E-state index in [0.29, 0.717) is 12.0 Å². The summed E-state index contributed by atoms with van der Waals surface area (Å²) in [5, 5.41) is 3.38. The summed E-state index contributed by atoms with van der Waals surface area (Å²) in [5.41, 5.74) is 0. The quantitative estimate of drug-likeness (QED) is 0.789. The predicted molar refractivity (Wildman–Crippen MR) is 66.7 cm³/mol. The Hall–Kier alpha value is -0.120. The molecule has 3 heteroatoms. The van der Waals surface area contributed by atoms with E-state index in [1.165, 1.54) is 38.8 Å². The summed E-state index contributed by atoms with van der Waals surface area (Å²) in [6.07, 6.45) is 5.58. The zero-order chi connectivity index (χ0) is 11.4. The Morgan fingerprint density at radius 3 is 2.94 bits per heavy atom. The predicted octanol–water partition coefficient (Wildman–Crippen LogP) is 1.49. The third kappa shape index (κ3) is 2.96. The molecule has 94 valence electrons. The second-order valence-electron chi connectivity index (χ2n) is 5.39. The Bertz CT molecular complexity index is 210. The molecule has 3 unspecified atom stereocenters. The Labute approximate surface area is 99.5 Å². The van der Waals surface area contributed by atoms with Crippen LogP contribution in [0.1, 0.15) is 32.6 Å². The summed E-state index contributed by atoms with van der Waals surface area (Å²) in [4.78, 5) is 2.68. The lowest BCUT2D eigenvalue weighted by atomic mass is 10.0. The van der Waals surface area contributed by atoms with Gasteiger partial charge in [0.1, 0.15) is 0 Å². The van der Waals surface area contributed by atoms with E-state index in [1.807, 2.05) is 0 Å². The van der Waals surface area contributed by atoms with Crippen molar-refractivity contribution in [1.82, 2.24) is 10.2 Å². The van der Waals surface area contributed by atoms with E-state index in [0.717, 1.165) is 19.3 Å². The van der Waals surface area contributed by atoms with Crippen molar-refractivity contribution < 1.29 is 4.74 Å². The van der Waals surface area contributed by atoms with Crippen LogP contribution in [0.5, 0.6) is 0 Å². The smallest absolute Gasteiger partial charge is 0.0623 e.